The van der Waals surface area contributed by atoms with Gasteiger partial charge in [-0.1, -0.05) is 18.2 Å². The zero-order valence-corrected chi connectivity index (χ0v) is 14.4. The van der Waals surface area contributed by atoms with Crippen LogP contribution in [0.25, 0.3) is 0 Å². The van der Waals surface area contributed by atoms with Crippen molar-refractivity contribution in [2.75, 3.05) is 24.3 Å². The van der Waals surface area contributed by atoms with Crippen molar-refractivity contribution in [2.45, 2.75) is 19.4 Å². The Morgan fingerprint density at radius 1 is 1.16 bits per heavy atom. The van der Waals surface area contributed by atoms with E-state index < -0.39 is 11.8 Å². The molecule has 1 atom stereocenters. The van der Waals surface area contributed by atoms with E-state index in [2.05, 4.69) is 15.6 Å². The van der Waals surface area contributed by atoms with Crippen molar-refractivity contribution in [3.8, 4) is 0 Å². The number of rotatable bonds is 5. The first-order valence-electron chi connectivity index (χ1n) is 7.85. The van der Waals surface area contributed by atoms with Crippen molar-refractivity contribution in [3.63, 3.8) is 0 Å². The highest BCUT2D eigenvalue weighted by Crippen LogP contribution is 2.12. The molecule has 0 bridgehead atoms. The van der Waals surface area contributed by atoms with Crippen LogP contribution in [-0.4, -0.2) is 36.9 Å². The van der Waals surface area contributed by atoms with E-state index in [-0.39, 0.29) is 11.9 Å². The molecule has 1 aromatic carbocycles. The summed E-state index contributed by atoms with van der Waals surface area (Å²) >= 11 is 0. The zero-order chi connectivity index (χ0) is 18.4. The number of nitrogens with one attached hydrogen (secondary N) is 2. The normalized spacial score (nSPS) is 11.5. The summed E-state index contributed by atoms with van der Waals surface area (Å²) in [4.78, 5) is 29.9. The van der Waals surface area contributed by atoms with Crippen molar-refractivity contribution in [1.29, 1.82) is 0 Å². The fraction of sp³-hybridized carbons (Fsp3) is 0.278. The van der Waals surface area contributed by atoms with E-state index in [1.54, 1.807) is 37.3 Å². The summed E-state index contributed by atoms with van der Waals surface area (Å²) in [5.74, 6) is -1.17. The summed E-state index contributed by atoms with van der Waals surface area (Å²) in [5, 5.41) is 5.04. The quantitative estimate of drug-likeness (QED) is 0.814. The summed E-state index contributed by atoms with van der Waals surface area (Å²) in [6.07, 6.45) is 1.77. The van der Waals surface area contributed by atoms with Gasteiger partial charge in [-0.25, -0.2) is 9.37 Å². The molecule has 0 fully saturated rings. The molecule has 0 saturated carbocycles. The van der Waals surface area contributed by atoms with Crippen LogP contribution in [0.4, 0.5) is 15.9 Å². The molecular weight excluding hydrogens is 323 g/mol. The number of hydrogen-bond acceptors (Lipinski definition) is 4. The van der Waals surface area contributed by atoms with Crippen molar-refractivity contribution < 1.29 is 14.0 Å². The van der Waals surface area contributed by atoms with Crippen molar-refractivity contribution in [2.24, 2.45) is 0 Å². The van der Waals surface area contributed by atoms with Gasteiger partial charge in [0.25, 0.3) is 0 Å². The minimum atomic E-state index is -0.792. The van der Waals surface area contributed by atoms with E-state index in [0.29, 0.717) is 17.7 Å². The van der Waals surface area contributed by atoms with Crippen LogP contribution in [0.3, 0.4) is 0 Å². The predicted molar refractivity (Wildman–Crippen MR) is 94.9 cm³/mol. The lowest BCUT2D eigenvalue weighted by atomic mass is 10.1. The topological polar surface area (TPSA) is 74.3 Å². The number of amides is 2. The Bertz CT molecular complexity index is 747. The van der Waals surface area contributed by atoms with E-state index >= 15 is 0 Å². The lowest BCUT2D eigenvalue weighted by molar-refractivity contribution is -0.136. The van der Waals surface area contributed by atoms with Crippen LogP contribution >= 0.6 is 0 Å². The standard InChI is InChI=1S/C18H21FN4O2/c1-12(10-13-6-4-5-7-15(13)19)21-17(24)18(25)22-14-8-9-16(20-11-14)23(2)3/h4-9,11-12H,10H2,1-3H3,(H,21,24)(H,22,25). The molecule has 0 aliphatic rings. The summed E-state index contributed by atoms with van der Waals surface area (Å²) < 4.78 is 13.6. The second kappa shape index (κ2) is 8.23. The number of anilines is 2. The highest BCUT2D eigenvalue weighted by Gasteiger charge is 2.17. The molecule has 2 amide bonds. The van der Waals surface area contributed by atoms with Gasteiger partial charge in [-0.05, 0) is 37.1 Å². The molecular formula is C18H21FN4O2. The third kappa shape index (κ3) is 5.27. The third-order valence-corrected chi connectivity index (χ3v) is 3.53. The Hall–Kier alpha value is -2.96. The fourth-order valence-corrected chi connectivity index (χ4v) is 2.25. The van der Waals surface area contributed by atoms with E-state index in [1.165, 1.54) is 12.3 Å². The summed E-state index contributed by atoms with van der Waals surface area (Å²) in [6, 6.07) is 9.35. The van der Waals surface area contributed by atoms with Crippen LogP contribution in [0.15, 0.2) is 42.6 Å². The van der Waals surface area contributed by atoms with Crippen molar-refractivity contribution >= 4 is 23.3 Å². The molecule has 1 unspecified atom stereocenters. The molecule has 0 spiro atoms. The highest BCUT2D eigenvalue weighted by molar-refractivity contribution is 6.39. The van der Waals surface area contributed by atoms with Gasteiger partial charge in [-0.3, -0.25) is 9.59 Å². The number of nitrogens with zero attached hydrogens (tertiary/aromatic N) is 2. The Morgan fingerprint density at radius 3 is 2.48 bits per heavy atom. The molecule has 6 nitrogen and oxygen atoms in total. The largest absolute Gasteiger partial charge is 0.363 e. The van der Waals surface area contributed by atoms with Gasteiger partial charge in [0.05, 0.1) is 11.9 Å². The maximum Gasteiger partial charge on any atom is 0.313 e. The molecule has 2 N–H and O–H groups in total. The molecule has 0 saturated heterocycles. The van der Waals surface area contributed by atoms with E-state index in [9.17, 15) is 14.0 Å². The maximum absolute atomic E-state index is 13.6. The third-order valence-electron chi connectivity index (χ3n) is 3.53. The van der Waals surface area contributed by atoms with Gasteiger partial charge in [0.1, 0.15) is 11.6 Å². The second-order valence-corrected chi connectivity index (χ2v) is 5.92. The van der Waals surface area contributed by atoms with Crippen LogP contribution in [0, 0.1) is 5.82 Å². The van der Waals surface area contributed by atoms with Gasteiger partial charge >= 0.3 is 11.8 Å². The fourth-order valence-electron chi connectivity index (χ4n) is 2.25. The number of aromatic nitrogens is 1. The minimum absolute atomic E-state index is 0.296. The van der Waals surface area contributed by atoms with E-state index in [1.807, 2.05) is 19.0 Å². The molecule has 1 aromatic heterocycles. The zero-order valence-electron chi connectivity index (χ0n) is 14.4. The molecule has 2 rings (SSSR count). The monoisotopic (exact) mass is 344 g/mol. The van der Waals surface area contributed by atoms with Gasteiger partial charge in [0.2, 0.25) is 0 Å². The number of carbonyl (C=O) groups is 2. The number of pyridine rings is 1. The Balaban J connectivity index is 1.89. The molecule has 7 heteroatoms. The lowest BCUT2D eigenvalue weighted by Gasteiger charge is -2.14. The first-order chi connectivity index (χ1) is 11.9. The van der Waals surface area contributed by atoms with Gasteiger partial charge in [0, 0.05) is 20.1 Å². The summed E-state index contributed by atoms with van der Waals surface area (Å²) in [6.45, 7) is 1.71. The van der Waals surface area contributed by atoms with E-state index in [0.717, 1.165) is 5.82 Å². The average Bonchev–Trinajstić information content (AvgIpc) is 2.57. The number of halogens is 1. The van der Waals surface area contributed by atoms with Gasteiger partial charge in [0.15, 0.2) is 0 Å². The van der Waals surface area contributed by atoms with Crippen LogP contribution in [0.2, 0.25) is 0 Å². The highest BCUT2D eigenvalue weighted by atomic mass is 19.1. The minimum Gasteiger partial charge on any atom is -0.363 e. The molecule has 0 radical (unpaired) electrons. The van der Waals surface area contributed by atoms with Crippen LogP contribution in [0.5, 0.6) is 0 Å². The van der Waals surface area contributed by atoms with Crippen LogP contribution < -0.4 is 15.5 Å². The smallest absolute Gasteiger partial charge is 0.313 e. The van der Waals surface area contributed by atoms with Gasteiger partial charge < -0.3 is 15.5 Å². The van der Waals surface area contributed by atoms with Gasteiger partial charge in [-0.2, -0.15) is 0 Å². The van der Waals surface area contributed by atoms with Crippen molar-refractivity contribution in [3.05, 3.63) is 54.0 Å². The summed E-state index contributed by atoms with van der Waals surface area (Å²) in [7, 11) is 3.70. The molecule has 0 aliphatic carbocycles. The number of benzene rings is 1. The SMILES string of the molecule is CC(Cc1ccccc1F)NC(=O)C(=O)Nc1ccc(N(C)C)nc1. The molecule has 1 heterocycles. The maximum atomic E-state index is 13.6. The number of carbonyl (C=O) groups excluding carboxylic acids is 2. The Labute approximate surface area is 146 Å². The van der Waals surface area contributed by atoms with E-state index in [4.69, 9.17) is 0 Å². The van der Waals surface area contributed by atoms with Crippen molar-refractivity contribution in [1.82, 2.24) is 10.3 Å². The van der Waals surface area contributed by atoms with Crippen LogP contribution in [-0.2, 0) is 16.0 Å². The first-order valence-corrected chi connectivity index (χ1v) is 7.85. The van der Waals surface area contributed by atoms with Crippen LogP contribution in [0.1, 0.15) is 12.5 Å². The number of hydrogen-bond donors (Lipinski definition) is 2. The average molecular weight is 344 g/mol. The molecule has 25 heavy (non-hydrogen) atoms. The lowest BCUT2D eigenvalue weighted by Crippen LogP contribution is -2.41. The Morgan fingerprint density at radius 2 is 1.88 bits per heavy atom. The Kier molecular flexibility index (Phi) is 6.05. The predicted octanol–water partition coefficient (Wildman–Crippen LogP) is 1.97. The molecule has 2 aromatic rings. The summed E-state index contributed by atoms with van der Waals surface area (Å²) in [5.41, 5.74) is 0.909. The molecule has 0 aliphatic heterocycles. The molecule has 132 valence electrons. The first kappa shape index (κ1) is 18.4. The van der Waals surface area contributed by atoms with Gasteiger partial charge in [-0.15, -0.1) is 0 Å². The second-order valence-electron chi connectivity index (χ2n) is 5.92.